The van der Waals surface area contributed by atoms with Gasteiger partial charge >= 0.3 is 6.03 Å². The molecule has 2 N–H and O–H groups in total. The Kier molecular flexibility index (Phi) is 4.14. The molecule has 20 heavy (non-hydrogen) atoms. The lowest BCUT2D eigenvalue weighted by molar-refractivity contribution is 0.251. The second-order valence-corrected chi connectivity index (χ2v) is 4.08. The van der Waals surface area contributed by atoms with Crippen LogP contribution in [0.3, 0.4) is 0 Å². The van der Waals surface area contributed by atoms with Crippen LogP contribution in [0.1, 0.15) is 0 Å². The molecule has 0 radical (unpaired) electrons. The number of benzene rings is 2. The van der Waals surface area contributed by atoms with Gasteiger partial charge in [0.25, 0.3) is 0 Å². The van der Waals surface area contributed by atoms with E-state index in [1.807, 2.05) is 18.2 Å². The molecule has 2 aromatic carbocycles. The van der Waals surface area contributed by atoms with Gasteiger partial charge in [0, 0.05) is 13.1 Å². The van der Waals surface area contributed by atoms with Crippen molar-refractivity contribution in [3.05, 3.63) is 60.2 Å². The molecule has 0 heterocycles. The molecule has 4 nitrogen and oxygen atoms in total. The van der Waals surface area contributed by atoms with Crippen LogP contribution in [-0.2, 0) is 0 Å². The first-order valence-corrected chi connectivity index (χ1v) is 5.88. The monoisotopic (exact) mass is 277 g/mol. The number of rotatable bonds is 3. The molecule has 2 amide bonds. The lowest BCUT2D eigenvalue weighted by Gasteiger charge is -2.20. The lowest BCUT2D eigenvalue weighted by Crippen LogP contribution is -2.42. The zero-order chi connectivity index (χ0) is 14.5. The second-order valence-electron chi connectivity index (χ2n) is 4.08. The predicted octanol–water partition coefficient (Wildman–Crippen LogP) is 3.14. The van der Waals surface area contributed by atoms with Gasteiger partial charge in [0.15, 0.2) is 0 Å². The number of anilines is 2. The molecule has 0 atom stereocenters. The maximum atomic E-state index is 13.4. The van der Waals surface area contributed by atoms with Crippen LogP contribution in [0.2, 0.25) is 0 Å². The van der Waals surface area contributed by atoms with Crippen molar-refractivity contribution in [1.29, 1.82) is 0 Å². The molecule has 0 aliphatic carbocycles. The molecule has 0 aliphatic rings. The summed E-state index contributed by atoms with van der Waals surface area (Å²) in [6.45, 7) is 0. The fraction of sp³-hybridized carbons (Fsp3) is 0.0714. The summed E-state index contributed by atoms with van der Waals surface area (Å²) in [6, 6.07) is 11.4. The normalized spacial score (nSPS) is 9.95. The number of urea groups is 1. The summed E-state index contributed by atoms with van der Waals surface area (Å²) in [4.78, 5) is 11.7. The first-order chi connectivity index (χ1) is 9.56. The number of amides is 2. The van der Waals surface area contributed by atoms with Crippen molar-refractivity contribution in [3.63, 3.8) is 0 Å². The third kappa shape index (κ3) is 3.44. The first-order valence-electron chi connectivity index (χ1n) is 5.88. The topological polar surface area (TPSA) is 44.4 Å². The molecular weight excluding hydrogens is 264 g/mol. The van der Waals surface area contributed by atoms with Crippen LogP contribution in [-0.4, -0.2) is 13.1 Å². The zero-order valence-electron chi connectivity index (χ0n) is 10.7. The highest BCUT2D eigenvalue weighted by molar-refractivity contribution is 5.90. The number of hydrazine groups is 1. The summed E-state index contributed by atoms with van der Waals surface area (Å²) in [5, 5.41) is 3.79. The molecule has 2 aromatic rings. The number of para-hydroxylation sites is 1. The Bertz CT molecular complexity index is 605. The van der Waals surface area contributed by atoms with Gasteiger partial charge in [-0.25, -0.2) is 19.0 Å². The Balaban J connectivity index is 1.99. The van der Waals surface area contributed by atoms with Crippen LogP contribution in [0, 0.1) is 11.6 Å². The van der Waals surface area contributed by atoms with Crippen molar-refractivity contribution in [2.24, 2.45) is 0 Å². The SMILES string of the molecule is CN(NC(=O)Nc1ccc(F)cc1F)c1ccccc1. The van der Waals surface area contributed by atoms with Crippen LogP contribution in [0.15, 0.2) is 48.5 Å². The van der Waals surface area contributed by atoms with Gasteiger partial charge in [-0.2, -0.15) is 0 Å². The maximum Gasteiger partial charge on any atom is 0.338 e. The molecule has 6 heteroatoms. The highest BCUT2D eigenvalue weighted by Gasteiger charge is 2.09. The van der Waals surface area contributed by atoms with Gasteiger partial charge in [-0.3, -0.25) is 5.01 Å². The Morgan fingerprint density at radius 1 is 1.10 bits per heavy atom. The summed E-state index contributed by atoms with van der Waals surface area (Å²) >= 11 is 0. The standard InChI is InChI=1S/C14H13F2N3O/c1-19(11-5-3-2-4-6-11)18-14(20)17-13-8-7-10(15)9-12(13)16/h2-9H,1H3,(H2,17,18,20). The minimum absolute atomic E-state index is 0.0923. The third-order valence-electron chi connectivity index (χ3n) is 2.59. The predicted molar refractivity (Wildman–Crippen MR) is 73.4 cm³/mol. The molecule has 0 fully saturated rings. The van der Waals surface area contributed by atoms with Crippen molar-refractivity contribution in [1.82, 2.24) is 5.43 Å². The fourth-order valence-corrected chi connectivity index (χ4v) is 1.61. The third-order valence-corrected chi connectivity index (χ3v) is 2.59. The van der Waals surface area contributed by atoms with Crippen molar-refractivity contribution in [2.45, 2.75) is 0 Å². The number of halogens is 2. The number of hydrogen-bond acceptors (Lipinski definition) is 2. The summed E-state index contributed by atoms with van der Waals surface area (Å²) in [7, 11) is 1.65. The van der Waals surface area contributed by atoms with Gasteiger partial charge in [-0.05, 0) is 24.3 Å². The van der Waals surface area contributed by atoms with E-state index in [9.17, 15) is 13.6 Å². The number of carbonyl (C=O) groups excluding carboxylic acids is 1. The van der Waals surface area contributed by atoms with Gasteiger partial charge in [-0.15, -0.1) is 0 Å². The van der Waals surface area contributed by atoms with E-state index in [2.05, 4.69) is 10.7 Å². The van der Waals surface area contributed by atoms with Crippen LogP contribution in [0.25, 0.3) is 0 Å². The summed E-state index contributed by atoms with van der Waals surface area (Å²) < 4.78 is 26.1. The number of carbonyl (C=O) groups is 1. The smallest absolute Gasteiger partial charge is 0.304 e. The molecule has 2 rings (SSSR count). The van der Waals surface area contributed by atoms with E-state index in [1.165, 1.54) is 5.01 Å². The highest BCUT2D eigenvalue weighted by atomic mass is 19.1. The minimum atomic E-state index is -0.831. The Labute approximate surface area is 115 Å². The molecule has 104 valence electrons. The maximum absolute atomic E-state index is 13.4. The second kappa shape index (κ2) is 6.01. The molecule has 0 unspecified atom stereocenters. The van der Waals surface area contributed by atoms with E-state index in [0.717, 1.165) is 17.8 Å². The van der Waals surface area contributed by atoms with Crippen LogP contribution in [0.4, 0.5) is 25.0 Å². The molecule has 0 spiro atoms. The quantitative estimate of drug-likeness (QED) is 0.846. The first kappa shape index (κ1) is 13.8. The van der Waals surface area contributed by atoms with E-state index < -0.39 is 17.7 Å². The van der Waals surface area contributed by atoms with Gasteiger partial charge in [0.2, 0.25) is 0 Å². The number of nitrogens with one attached hydrogen (secondary N) is 2. The van der Waals surface area contributed by atoms with Crippen LogP contribution >= 0.6 is 0 Å². The van der Waals surface area contributed by atoms with Gasteiger partial charge in [0.05, 0.1) is 11.4 Å². The molecule has 0 aliphatic heterocycles. The Morgan fingerprint density at radius 3 is 2.45 bits per heavy atom. The summed E-state index contributed by atoms with van der Waals surface area (Å²) in [6.07, 6.45) is 0. The molecule has 0 aromatic heterocycles. The molecule has 0 bridgehead atoms. The average Bonchev–Trinajstić information content (AvgIpc) is 2.43. The molecule has 0 saturated carbocycles. The Morgan fingerprint density at radius 2 is 1.80 bits per heavy atom. The molecular formula is C14H13F2N3O. The van der Waals surface area contributed by atoms with Crippen LogP contribution in [0.5, 0.6) is 0 Å². The van der Waals surface area contributed by atoms with E-state index in [-0.39, 0.29) is 5.69 Å². The summed E-state index contributed by atoms with van der Waals surface area (Å²) in [5.41, 5.74) is 3.18. The van der Waals surface area contributed by atoms with Crippen molar-refractivity contribution in [3.8, 4) is 0 Å². The zero-order valence-corrected chi connectivity index (χ0v) is 10.7. The van der Waals surface area contributed by atoms with Crippen molar-refractivity contribution >= 4 is 17.4 Å². The van der Waals surface area contributed by atoms with E-state index >= 15 is 0 Å². The largest absolute Gasteiger partial charge is 0.338 e. The van der Waals surface area contributed by atoms with Crippen molar-refractivity contribution < 1.29 is 13.6 Å². The fourth-order valence-electron chi connectivity index (χ4n) is 1.61. The van der Waals surface area contributed by atoms with Crippen molar-refractivity contribution in [2.75, 3.05) is 17.4 Å². The van der Waals surface area contributed by atoms with Gasteiger partial charge < -0.3 is 5.32 Å². The minimum Gasteiger partial charge on any atom is -0.304 e. The van der Waals surface area contributed by atoms with E-state index in [4.69, 9.17) is 0 Å². The van der Waals surface area contributed by atoms with Crippen LogP contribution < -0.4 is 15.8 Å². The van der Waals surface area contributed by atoms with E-state index in [1.54, 1.807) is 19.2 Å². The van der Waals surface area contributed by atoms with Gasteiger partial charge in [0.1, 0.15) is 11.6 Å². The average molecular weight is 277 g/mol. The number of nitrogens with zero attached hydrogens (tertiary/aromatic N) is 1. The van der Waals surface area contributed by atoms with E-state index in [0.29, 0.717) is 6.07 Å². The Hall–Kier alpha value is -2.63. The number of hydrogen-bond donors (Lipinski definition) is 2. The van der Waals surface area contributed by atoms with Gasteiger partial charge in [-0.1, -0.05) is 18.2 Å². The lowest BCUT2D eigenvalue weighted by atomic mass is 10.3. The molecule has 0 saturated heterocycles. The highest BCUT2D eigenvalue weighted by Crippen LogP contribution is 2.15. The summed E-state index contributed by atoms with van der Waals surface area (Å²) in [5.74, 6) is -1.53.